The van der Waals surface area contributed by atoms with Gasteiger partial charge in [-0.1, -0.05) is 80.9 Å². The minimum Gasteiger partial charge on any atom is -0.494 e. The quantitative estimate of drug-likeness (QED) is 0.0680. The fourth-order valence-corrected chi connectivity index (χ4v) is 9.93. The summed E-state index contributed by atoms with van der Waals surface area (Å²) in [7, 11) is 0. The maximum atomic E-state index is 14.0. The number of aromatic nitrogens is 1. The lowest BCUT2D eigenvalue weighted by atomic mass is 9.85. The van der Waals surface area contributed by atoms with E-state index in [1.165, 1.54) is 4.90 Å². The van der Waals surface area contributed by atoms with Crippen LogP contribution in [0.1, 0.15) is 77.1 Å². The number of nitriles is 1. The van der Waals surface area contributed by atoms with Gasteiger partial charge in [0.15, 0.2) is 5.11 Å². The van der Waals surface area contributed by atoms with Crippen molar-refractivity contribution in [3.05, 3.63) is 118 Å². The van der Waals surface area contributed by atoms with E-state index in [0.717, 1.165) is 44.3 Å². The van der Waals surface area contributed by atoms with E-state index in [9.17, 15) is 24.4 Å². The van der Waals surface area contributed by atoms with Crippen LogP contribution in [-0.4, -0.2) is 82.6 Å². The molecule has 7 rings (SSSR count). The van der Waals surface area contributed by atoms with Gasteiger partial charge in [0.05, 0.1) is 39.0 Å². The van der Waals surface area contributed by atoms with Crippen molar-refractivity contribution in [2.45, 2.75) is 91.4 Å². The number of ether oxygens (including phenoxy) is 2. The molecule has 0 spiro atoms. The fraction of sp³-hybridized carbons (Fsp3) is 0.365. The number of hydrogen-bond acceptors (Lipinski definition) is 10. The number of carbonyl (C=O) groups excluding carboxylic acids is 4. The number of thiazole rings is 1. The average molecular weight is 975 g/mol. The van der Waals surface area contributed by atoms with E-state index in [4.69, 9.17) is 33.3 Å². The Labute approximate surface area is 412 Å². The minimum atomic E-state index is -0.963. The van der Waals surface area contributed by atoms with Gasteiger partial charge in [-0.3, -0.25) is 24.1 Å². The Morgan fingerprint density at radius 2 is 1.60 bits per heavy atom. The van der Waals surface area contributed by atoms with Crippen molar-refractivity contribution >= 4 is 75.3 Å². The predicted molar refractivity (Wildman–Crippen MR) is 270 cm³/mol. The summed E-state index contributed by atoms with van der Waals surface area (Å²) in [5, 5.41) is 15.8. The summed E-state index contributed by atoms with van der Waals surface area (Å²) in [4.78, 5) is 64.4. The number of thiocarbonyl (C=S) groups is 1. The maximum Gasteiger partial charge on any atom is 0.259 e. The SMILES string of the molecule is Cc1ncsc1-c1ccc(CNC(=O)[C@@H]2CCCN2C(=O)C(NC(=O)COCCCCOc2ccc(-c3ccc(N4C(=S)N(c5ccc(C#N)c(Cl)c5)C(=O)C4(C)C)cc3)cc2)C(C)(C)C)cc1. The highest BCUT2D eigenvalue weighted by atomic mass is 35.5. The molecule has 2 fully saturated rings. The molecule has 0 radical (unpaired) electrons. The first-order valence-electron chi connectivity index (χ1n) is 22.6. The number of unbranched alkanes of at least 4 members (excludes halogenated alkanes) is 1. The van der Waals surface area contributed by atoms with E-state index in [1.807, 2.05) is 131 Å². The molecule has 5 aromatic rings. The van der Waals surface area contributed by atoms with Crippen molar-refractivity contribution in [1.29, 1.82) is 5.26 Å². The van der Waals surface area contributed by atoms with Gasteiger partial charge in [-0.15, -0.1) is 11.3 Å². The lowest BCUT2D eigenvalue weighted by molar-refractivity contribution is -0.144. The Morgan fingerprint density at radius 3 is 2.24 bits per heavy atom. The molecule has 0 aliphatic carbocycles. The second-order valence-corrected chi connectivity index (χ2v) is 20.1. The van der Waals surface area contributed by atoms with Gasteiger partial charge in [-0.05, 0) is 129 Å². The molecule has 3 heterocycles. The van der Waals surface area contributed by atoms with Crippen molar-refractivity contribution in [2.24, 2.45) is 5.41 Å². The molecule has 4 amide bonds. The largest absolute Gasteiger partial charge is 0.494 e. The number of halogens is 1. The zero-order valence-electron chi connectivity index (χ0n) is 39.1. The van der Waals surface area contributed by atoms with Gasteiger partial charge >= 0.3 is 0 Å². The highest BCUT2D eigenvalue weighted by Gasteiger charge is 2.50. The first kappa shape index (κ1) is 49.7. The lowest BCUT2D eigenvalue weighted by Crippen LogP contribution is -2.58. The number of carbonyl (C=O) groups is 4. The lowest BCUT2D eigenvalue weighted by Gasteiger charge is -2.35. The number of anilines is 2. The smallest absolute Gasteiger partial charge is 0.259 e. The summed E-state index contributed by atoms with van der Waals surface area (Å²) < 4.78 is 11.7. The van der Waals surface area contributed by atoms with Crippen LogP contribution in [0, 0.1) is 23.7 Å². The number of nitrogens with zero attached hydrogens (tertiary/aromatic N) is 5. The van der Waals surface area contributed by atoms with Crippen LogP contribution in [-0.2, 0) is 30.5 Å². The molecule has 4 aromatic carbocycles. The molecule has 2 aliphatic rings. The van der Waals surface area contributed by atoms with Crippen molar-refractivity contribution < 1.29 is 28.7 Å². The van der Waals surface area contributed by atoms with Gasteiger partial charge < -0.3 is 29.9 Å². The highest BCUT2D eigenvalue weighted by Crippen LogP contribution is 2.38. The highest BCUT2D eigenvalue weighted by molar-refractivity contribution is 7.81. The van der Waals surface area contributed by atoms with E-state index in [0.29, 0.717) is 68.3 Å². The Bertz CT molecular complexity index is 2690. The maximum absolute atomic E-state index is 14.0. The van der Waals surface area contributed by atoms with E-state index in [2.05, 4.69) is 15.6 Å². The molecule has 2 atom stereocenters. The molecular weight excluding hydrogens is 918 g/mol. The Morgan fingerprint density at radius 1 is 0.956 bits per heavy atom. The molecule has 2 N–H and O–H groups in total. The summed E-state index contributed by atoms with van der Waals surface area (Å²) in [6, 6.07) is 29.1. The summed E-state index contributed by atoms with van der Waals surface area (Å²) in [6.07, 6.45) is 2.63. The molecule has 0 bridgehead atoms. The fourth-order valence-electron chi connectivity index (χ4n) is 8.38. The Kier molecular flexibility index (Phi) is 15.7. The van der Waals surface area contributed by atoms with Crippen molar-refractivity contribution in [2.75, 3.05) is 36.2 Å². The summed E-state index contributed by atoms with van der Waals surface area (Å²) in [5.74, 6) is -0.355. The van der Waals surface area contributed by atoms with Gasteiger partial charge in [0.25, 0.3) is 5.91 Å². The van der Waals surface area contributed by atoms with E-state index < -0.39 is 28.9 Å². The molecule has 0 saturated carbocycles. The number of hydrogen-bond donors (Lipinski definition) is 2. The van der Waals surface area contributed by atoms with E-state index in [1.54, 1.807) is 34.4 Å². The van der Waals surface area contributed by atoms with Crippen molar-refractivity contribution in [3.8, 4) is 33.4 Å². The minimum absolute atomic E-state index is 0.193. The number of rotatable bonds is 17. The summed E-state index contributed by atoms with van der Waals surface area (Å²) in [6.45, 7) is 12.7. The van der Waals surface area contributed by atoms with Crippen LogP contribution in [0.3, 0.4) is 0 Å². The second kappa shape index (κ2) is 21.4. The molecule has 68 heavy (non-hydrogen) atoms. The van der Waals surface area contributed by atoms with Crippen LogP contribution >= 0.6 is 35.2 Å². The molecular formula is C52H56ClN7O6S2. The van der Waals surface area contributed by atoms with Crippen LogP contribution < -0.4 is 25.2 Å². The molecule has 1 aromatic heterocycles. The number of amides is 4. The van der Waals surface area contributed by atoms with Crippen molar-refractivity contribution in [3.63, 3.8) is 0 Å². The Balaban J connectivity index is 0.823. The zero-order valence-corrected chi connectivity index (χ0v) is 41.5. The average Bonchev–Trinajstić information content (AvgIpc) is 4.03. The van der Waals surface area contributed by atoms with Crippen LogP contribution in [0.15, 0.2) is 96.5 Å². The summed E-state index contributed by atoms with van der Waals surface area (Å²) >= 11 is 13.7. The first-order valence-corrected chi connectivity index (χ1v) is 24.3. The van der Waals surface area contributed by atoms with Gasteiger partial charge in [-0.2, -0.15) is 5.26 Å². The first-order chi connectivity index (χ1) is 32.5. The number of aryl methyl sites for hydroxylation is 1. The molecule has 13 nitrogen and oxygen atoms in total. The van der Waals surface area contributed by atoms with E-state index >= 15 is 0 Å². The third-order valence-electron chi connectivity index (χ3n) is 12.2. The molecule has 2 saturated heterocycles. The third-order valence-corrected chi connectivity index (χ3v) is 13.8. The third kappa shape index (κ3) is 11.2. The monoisotopic (exact) mass is 973 g/mol. The van der Waals surface area contributed by atoms with Crippen LogP contribution in [0.5, 0.6) is 5.75 Å². The summed E-state index contributed by atoms with van der Waals surface area (Å²) in [5.41, 5.74) is 6.83. The zero-order chi connectivity index (χ0) is 48.8. The predicted octanol–water partition coefficient (Wildman–Crippen LogP) is 9.24. The van der Waals surface area contributed by atoms with Crippen LogP contribution in [0.4, 0.5) is 11.4 Å². The van der Waals surface area contributed by atoms with E-state index in [-0.39, 0.29) is 29.4 Å². The topological polar surface area (TPSA) is 157 Å². The number of likely N-dealkylation sites (tertiary alicyclic amines) is 1. The molecule has 16 heteroatoms. The Hall–Kier alpha value is -6.18. The molecule has 1 unspecified atom stereocenters. The van der Waals surface area contributed by atoms with Gasteiger partial charge in [0, 0.05) is 25.4 Å². The van der Waals surface area contributed by atoms with Crippen LogP contribution in [0.25, 0.3) is 21.6 Å². The standard InChI is InChI=1S/C52H56ClN7O6S2/c1-33-45(68-32-56-33)37-13-11-34(12-14-37)30-55-47(62)43-10-9-25-58(43)48(63)46(51(2,3)4)57-44(61)31-65-26-7-8-27-66-41-23-18-36(19-24-41)35-15-20-39(21-16-35)60-50(67)59(49(64)52(60,5)6)40-22-17-38(29-54)42(53)28-40/h11-24,28,32,43,46H,7-10,25-27,30-31H2,1-6H3,(H,55,62)(H,57,61)/t43-,46?/m0/s1. The number of benzene rings is 4. The normalized spacial score (nSPS) is 16.1. The van der Waals surface area contributed by atoms with Crippen LogP contribution in [0.2, 0.25) is 5.02 Å². The van der Waals surface area contributed by atoms with Gasteiger partial charge in [-0.25, -0.2) is 4.98 Å². The van der Waals surface area contributed by atoms with Gasteiger partial charge in [0.1, 0.15) is 36.0 Å². The molecule has 2 aliphatic heterocycles. The molecule has 354 valence electrons. The second-order valence-electron chi connectivity index (χ2n) is 18.5. The van der Waals surface area contributed by atoms with Gasteiger partial charge in [0.2, 0.25) is 17.7 Å². The number of nitrogens with one attached hydrogen (secondary N) is 2. The van der Waals surface area contributed by atoms with Crippen molar-refractivity contribution in [1.82, 2.24) is 20.5 Å².